The van der Waals surface area contributed by atoms with Gasteiger partial charge in [-0.15, -0.1) is 22.7 Å². The summed E-state index contributed by atoms with van der Waals surface area (Å²) in [6.07, 6.45) is 0.148. The molecule has 4 aromatic rings. The highest BCUT2D eigenvalue weighted by molar-refractivity contribution is 7.14. The number of carbonyl (C=O) groups excluding carboxylic acids is 2. The molecule has 1 aromatic carbocycles. The van der Waals surface area contributed by atoms with Crippen LogP contribution in [0.5, 0.6) is 0 Å². The summed E-state index contributed by atoms with van der Waals surface area (Å²) in [4.78, 5) is 33.8. The maximum atomic E-state index is 12.3. The smallest absolute Gasteiger partial charge is 0.267 e. The second-order valence-corrected chi connectivity index (χ2v) is 7.91. The molecule has 2 amide bonds. The molecule has 0 radical (unpaired) electrons. The third-order valence-corrected chi connectivity index (χ3v) is 5.86. The fourth-order valence-corrected chi connectivity index (χ4v) is 4.09. The number of amides is 2. The van der Waals surface area contributed by atoms with E-state index in [0.29, 0.717) is 22.2 Å². The molecule has 3 aromatic heterocycles. The third-order valence-electron chi connectivity index (χ3n) is 4.18. The number of carbonyl (C=O) groups is 2. The van der Waals surface area contributed by atoms with Crippen molar-refractivity contribution in [3.05, 3.63) is 63.6 Å². The van der Waals surface area contributed by atoms with Crippen LogP contribution in [0.3, 0.4) is 0 Å². The zero-order chi connectivity index (χ0) is 19.5. The van der Waals surface area contributed by atoms with Crippen LogP contribution in [-0.4, -0.2) is 26.3 Å². The van der Waals surface area contributed by atoms with Crippen molar-refractivity contribution in [3.8, 4) is 0 Å². The Labute approximate surface area is 169 Å². The van der Waals surface area contributed by atoms with Crippen molar-refractivity contribution in [1.29, 1.82) is 0 Å². The lowest BCUT2D eigenvalue weighted by atomic mass is 10.3. The number of nitrogens with one attached hydrogen (secondary N) is 2. The van der Waals surface area contributed by atoms with Gasteiger partial charge in [0.25, 0.3) is 5.91 Å². The fraction of sp³-hybridized carbons (Fsp3) is 0.158. The quantitative estimate of drug-likeness (QED) is 0.510. The van der Waals surface area contributed by atoms with Gasteiger partial charge in [0.05, 0.1) is 34.6 Å². The van der Waals surface area contributed by atoms with Gasteiger partial charge in [-0.3, -0.25) is 14.9 Å². The van der Waals surface area contributed by atoms with Crippen LogP contribution >= 0.6 is 22.7 Å². The van der Waals surface area contributed by atoms with E-state index in [1.165, 1.54) is 22.7 Å². The van der Waals surface area contributed by atoms with Gasteiger partial charge in [0.2, 0.25) is 5.91 Å². The van der Waals surface area contributed by atoms with Gasteiger partial charge in [-0.2, -0.15) is 0 Å². The van der Waals surface area contributed by atoms with Crippen LogP contribution in [-0.2, 0) is 24.8 Å². The van der Waals surface area contributed by atoms with Gasteiger partial charge >= 0.3 is 0 Å². The van der Waals surface area contributed by atoms with E-state index in [2.05, 4.69) is 20.6 Å². The lowest BCUT2D eigenvalue weighted by molar-refractivity contribution is -0.120. The van der Waals surface area contributed by atoms with Gasteiger partial charge in [0, 0.05) is 12.4 Å². The van der Waals surface area contributed by atoms with Crippen molar-refractivity contribution >= 4 is 50.7 Å². The molecule has 0 spiro atoms. The number of rotatable bonds is 6. The minimum Gasteiger partial charge on any atom is -0.349 e. The Morgan fingerprint density at radius 2 is 1.96 bits per heavy atom. The van der Waals surface area contributed by atoms with Crippen molar-refractivity contribution in [2.75, 3.05) is 5.32 Å². The lowest BCUT2D eigenvalue weighted by Gasteiger charge is -2.04. The van der Waals surface area contributed by atoms with E-state index in [1.54, 1.807) is 11.4 Å². The maximum absolute atomic E-state index is 12.3. The van der Waals surface area contributed by atoms with Crippen LogP contribution in [0.1, 0.15) is 21.2 Å². The molecule has 4 rings (SSSR count). The topological polar surface area (TPSA) is 88.9 Å². The molecule has 0 saturated carbocycles. The number of thiazole rings is 1. The highest BCUT2D eigenvalue weighted by Gasteiger charge is 2.13. The first-order valence-electron chi connectivity index (χ1n) is 8.56. The van der Waals surface area contributed by atoms with Crippen molar-refractivity contribution in [2.45, 2.75) is 13.0 Å². The molecule has 0 saturated heterocycles. The van der Waals surface area contributed by atoms with E-state index in [-0.39, 0.29) is 18.2 Å². The van der Waals surface area contributed by atoms with Crippen molar-refractivity contribution in [1.82, 2.24) is 19.9 Å². The zero-order valence-electron chi connectivity index (χ0n) is 15.0. The molecule has 142 valence electrons. The SMILES string of the molecule is Cn1c(CNC(=O)Cc2csc(NC(=O)c3cccs3)n2)nc2ccccc21. The summed E-state index contributed by atoms with van der Waals surface area (Å²) in [5.74, 6) is 0.451. The number of thiophene rings is 1. The number of fused-ring (bicyclic) bond motifs is 1. The molecular weight excluding hydrogens is 394 g/mol. The standard InChI is InChI=1S/C19H17N5O2S2/c1-24-14-6-3-2-5-13(14)22-16(24)10-20-17(25)9-12-11-28-19(21-12)23-18(26)15-7-4-8-27-15/h2-8,11H,9-10H2,1H3,(H,20,25)(H,21,23,26). The predicted octanol–water partition coefficient (Wildman–Crippen LogP) is 3.20. The van der Waals surface area contributed by atoms with Crippen LogP contribution in [0.15, 0.2) is 47.2 Å². The van der Waals surface area contributed by atoms with Crippen LogP contribution in [0.2, 0.25) is 0 Å². The summed E-state index contributed by atoms with van der Waals surface area (Å²) in [5.41, 5.74) is 2.55. The molecule has 9 heteroatoms. The Morgan fingerprint density at radius 1 is 1.11 bits per heavy atom. The normalized spacial score (nSPS) is 10.9. The third kappa shape index (κ3) is 3.95. The minimum atomic E-state index is -0.192. The highest BCUT2D eigenvalue weighted by Crippen LogP contribution is 2.18. The molecule has 0 aliphatic heterocycles. The summed E-state index contributed by atoms with van der Waals surface area (Å²) < 4.78 is 1.97. The van der Waals surface area contributed by atoms with Crippen LogP contribution in [0, 0.1) is 0 Å². The number of hydrogen-bond donors (Lipinski definition) is 2. The van der Waals surface area contributed by atoms with E-state index >= 15 is 0 Å². The van der Waals surface area contributed by atoms with Crippen molar-refractivity contribution in [2.24, 2.45) is 7.05 Å². The first-order valence-corrected chi connectivity index (χ1v) is 10.3. The molecule has 0 bridgehead atoms. The molecule has 3 heterocycles. The van der Waals surface area contributed by atoms with E-state index in [0.717, 1.165) is 16.9 Å². The Kier molecular flexibility index (Phi) is 5.18. The number of aryl methyl sites for hydroxylation is 1. The van der Waals surface area contributed by atoms with E-state index in [9.17, 15) is 9.59 Å². The number of imidazole rings is 1. The Bertz CT molecular complexity index is 1130. The fourth-order valence-electron chi connectivity index (χ4n) is 2.77. The van der Waals surface area contributed by atoms with Crippen LogP contribution in [0.4, 0.5) is 5.13 Å². The maximum Gasteiger partial charge on any atom is 0.267 e. The van der Waals surface area contributed by atoms with Crippen LogP contribution < -0.4 is 10.6 Å². The van der Waals surface area contributed by atoms with Gasteiger partial charge in [0.15, 0.2) is 5.13 Å². The van der Waals surface area contributed by atoms with E-state index < -0.39 is 0 Å². The molecule has 7 nitrogen and oxygen atoms in total. The van der Waals surface area contributed by atoms with Crippen molar-refractivity contribution in [3.63, 3.8) is 0 Å². The van der Waals surface area contributed by atoms with Gasteiger partial charge in [-0.25, -0.2) is 9.97 Å². The number of para-hydroxylation sites is 2. The first kappa shape index (κ1) is 18.3. The Balaban J connectivity index is 1.33. The minimum absolute atomic E-state index is 0.145. The zero-order valence-corrected chi connectivity index (χ0v) is 16.6. The molecule has 0 aliphatic rings. The molecule has 2 N–H and O–H groups in total. The number of anilines is 1. The summed E-state index contributed by atoms with van der Waals surface area (Å²) >= 11 is 2.67. The number of benzene rings is 1. The van der Waals surface area contributed by atoms with Crippen LogP contribution in [0.25, 0.3) is 11.0 Å². The highest BCUT2D eigenvalue weighted by atomic mass is 32.1. The van der Waals surface area contributed by atoms with Gasteiger partial charge < -0.3 is 9.88 Å². The Morgan fingerprint density at radius 3 is 2.75 bits per heavy atom. The number of nitrogens with zero attached hydrogens (tertiary/aromatic N) is 3. The largest absolute Gasteiger partial charge is 0.349 e. The van der Waals surface area contributed by atoms with Gasteiger partial charge in [0.1, 0.15) is 5.82 Å². The molecular formula is C19H17N5O2S2. The predicted molar refractivity (Wildman–Crippen MR) is 111 cm³/mol. The lowest BCUT2D eigenvalue weighted by Crippen LogP contribution is -2.26. The van der Waals surface area contributed by atoms with E-state index in [1.807, 2.05) is 47.3 Å². The molecule has 28 heavy (non-hydrogen) atoms. The molecule has 0 atom stereocenters. The number of aromatic nitrogens is 3. The number of hydrogen-bond acceptors (Lipinski definition) is 6. The van der Waals surface area contributed by atoms with Gasteiger partial charge in [-0.05, 0) is 23.6 Å². The second kappa shape index (κ2) is 7.91. The van der Waals surface area contributed by atoms with Gasteiger partial charge in [-0.1, -0.05) is 18.2 Å². The second-order valence-electron chi connectivity index (χ2n) is 6.10. The summed E-state index contributed by atoms with van der Waals surface area (Å²) in [6, 6.07) is 11.4. The summed E-state index contributed by atoms with van der Waals surface area (Å²) in [7, 11) is 1.93. The first-order chi connectivity index (χ1) is 13.6. The average molecular weight is 412 g/mol. The van der Waals surface area contributed by atoms with E-state index in [4.69, 9.17) is 0 Å². The molecule has 0 unspecified atom stereocenters. The summed E-state index contributed by atoms with van der Waals surface area (Å²) in [5, 5.41) is 9.73. The van der Waals surface area contributed by atoms with Crippen molar-refractivity contribution < 1.29 is 9.59 Å². The molecule has 0 aliphatic carbocycles. The monoisotopic (exact) mass is 411 g/mol. The summed E-state index contributed by atoms with van der Waals surface area (Å²) in [6.45, 7) is 0.343. The Hall–Kier alpha value is -3.04. The average Bonchev–Trinajstić information content (AvgIpc) is 3.42. The molecule has 0 fully saturated rings.